The van der Waals surface area contributed by atoms with E-state index in [0.717, 1.165) is 0 Å². The first-order valence-corrected chi connectivity index (χ1v) is 2.65. The van der Waals surface area contributed by atoms with Gasteiger partial charge in [0.15, 0.2) is 0 Å². The number of aromatic carboxylic acids is 1. The first-order valence-electron chi connectivity index (χ1n) is 2.65. The van der Waals surface area contributed by atoms with Crippen molar-refractivity contribution in [3.05, 3.63) is 23.9 Å². The number of hydrogen-bond acceptors (Lipinski definition) is 3. The second kappa shape index (κ2) is 4.24. The maximum Gasteiger partial charge on any atom is 0.337 e. The Bertz CT molecular complexity index is 247. The SMILES string of the molecule is Nc1ccc(C(=O)O)cn1.[Bi]. The van der Waals surface area contributed by atoms with Crippen LogP contribution in [0.1, 0.15) is 10.4 Å². The molecule has 11 heavy (non-hydrogen) atoms. The predicted molar refractivity (Wildman–Crippen MR) is 41.4 cm³/mol. The van der Waals surface area contributed by atoms with Gasteiger partial charge in [-0.1, -0.05) is 0 Å². The number of nitrogen functional groups attached to an aromatic ring is 1. The van der Waals surface area contributed by atoms with Crippen molar-refractivity contribution < 1.29 is 9.90 Å². The molecule has 4 nitrogen and oxygen atoms in total. The molecule has 3 radical (unpaired) electrons. The van der Waals surface area contributed by atoms with Crippen molar-refractivity contribution in [3.63, 3.8) is 0 Å². The minimum absolute atomic E-state index is 0. The number of nitrogens with zero attached hydrogens (tertiary/aromatic N) is 1. The van der Waals surface area contributed by atoms with E-state index in [1.165, 1.54) is 18.3 Å². The first-order chi connectivity index (χ1) is 4.70. The minimum atomic E-state index is -0.993. The van der Waals surface area contributed by atoms with Crippen LogP contribution in [-0.4, -0.2) is 42.3 Å². The van der Waals surface area contributed by atoms with E-state index in [1.54, 1.807) is 0 Å². The monoisotopic (exact) mass is 347 g/mol. The van der Waals surface area contributed by atoms with Crippen molar-refractivity contribution in [2.75, 3.05) is 5.73 Å². The molecule has 1 heterocycles. The maximum absolute atomic E-state index is 10.2. The van der Waals surface area contributed by atoms with Crippen molar-refractivity contribution in [1.29, 1.82) is 0 Å². The Hall–Kier alpha value is -0.697. The summed E-state index contributed by atoms with van der Waals surface area (Å²) in [5.41, 5.74) is 5.37. The van der Waals surface area contributed by atoms with Gasteiger partial charge in [0.1, 0.15) is 5.82 Å². The van der Waals surface area contributed by atoms with Crippen LogP contribution >= 0.6 is 0 Å². The number of nitrogens with two attached hydrogens (primary N) is 1. The van der Waals surface area contributed by atoms with Crippen LogP contribution in [0.5, 0.6) is 0 Å². The molecule has 57 valence electrons. The number of carboxylic acid groups (broad SMARTS) is 1. The maximum atomic E-state index is 10.2. The van der Waals surface area contributed by atoms with E-state index in [9.17, 15) is 4.79 Å². The summed E-state index contributed by atoms with van der Waals surface area (Å²) < 4.78 is 0. The van der Waals surface area contributed by atoms with Gasteiger partial charge >= 0.3 is 5.97 Å². The molecule has 5 heteroatoms. The van der Waals surface area contributed by atoms with Crippen LogP contribution < -0.4 is 5.73 Å². The summed E-state index contributed by atoms with van der Waals surface area (Å²) in [6.07, 6.45) is 1.22. The van der Waals surface area contributed by atoms with Crippen LogP contribution in [0.4, 0.5) is 5.82 Å². The molecule has 3 N–H and O–H groups in total. The molecule has 0 saturated carbocycles. The van der Waals surface area contributed by atoms with Crippen LogP contribution in [-0.2, 0) is 0 Å². The zero-order chi connectivity index (χ0) is 7.56. The van der Waals surface area contributed by atoms with E-state index in [0.29, 0.717) is 5.82 Å². The van der Waals surface area contributed by atoms with Crippen LogP contribution in [0, 0.1) is 0 Å². The Morgan fingerprint density at radius 3 is 2.55 bits per heavy atom. The average molecular weight is 347 g/mol. The van der Waals surface area contributed by atoms with Gasteiger partial charge in [0.05, 0.1) is 5.56 Å². The number of aromatic nitrogens is 1. The fourth-order valence-electron chi connectivity index (χ4n) is 0.532. The Morgan fingerprint density at radius 2 is 2.18 bits per heavy atom. The van der Waals surface area contributed by atoms with Gasteiger partial charge in [0, 0.05) is 32.4 Å². The van der Waals surface area contributed by atoms with Gasteiger partial charge in [0.25, 0.3) is 0 Å². The molecule has 0 aromatic carbocycles. The molecule has 0 aliphatic carbocycles. The summed E-state index contributed by atoms with van der Waals surface area (Å²) in [7, 11) is 0. The van der Waals surface area contributed by atoms with Crippen LogP contribution in [0.15, 0.2) is 18.3 Å². The molecular weight excluding hydrogens is 341 g/mol. The molecule has 0 aliphatic rings. The Balaban J connectivity index is 0.000001000. The molecule has 0 atom stereocenters. The van der Waals surface area contributed by atoms with Gasteiger partial charge in [-0.25, -0.2) is 9.78 Å². The Morgan fingerprint density at radius 1 is 1.55 bits per heavy atom. The van der Waals surface area contributed by atoms with E-state index < -0.39 is 5.97 Å². The van der Waals surface area contributed by atoms with Gasteiger partial charge in [-0.05, 0) is 12.1 Å². The molecule has 1 aromatic rings. The minimum Gasteiger partial charge on any atom is -0.478 e. The Kier molecular flexibility index (Phi) is 3.97. The van der Waals surface area contributed by atoms with Crippen molar-refractivity contribution in [2.24, 2.45) is 0 Å². The number of rotatable bonds is 1. The predicted octanol–water partition coefficient (Wildman–Crippen LogP) is -0.0188. The molecule has 0 amide bonds. The topological polar surface area (TPSA) is 76.2 Å². The molecule has 1 rings (SSSR count). The number of hydrogen-bond donors (Lipinski definition) is 2. The summed E-state index contributed by atoms with van der Waals surface area (Å²) in [6.45, 7) is 0. The van der Waals surface area contributed by atoms with Gasteiger partial charge in [-0.2, -0.15) is 0 Å². The summed E-state index contributed by atoms with van der Waals surface area (Å²) in [5, 5.41) is 8.39. The van der Waals surface area contributed by atoms with E-state index in [-0.39, 0.29) is 31.8 Å². The fourth-order valence-corrected chi connectivity index (χ4v) is 0.532. The van der Waals surface area contributed by atoms with Gasteiger partial charge < -0.3 is 10.8 Å². The first kappa shape index (κ1) is 10.3. The van der Waals surface area contributed by atoms with Gasteiger partial charge in [0.2, 0.25) is 0 Å². The van der Waals surface area contributed by atoms with E-state index in [2.05, 4.69) is 4.98 Å². The second-order valence-corrected chi connectivity index (χ2v) is 1.78. The molecular formula is C6H6BiN2O2. The van der Waals surface area contributed by atoms with E-state index in [1.807, 2.05) is 0 Å². The van der Waals surface area contributed by atoms with Crippen molar-refractivity contribution in [2.45, 2.75) is 0 Å². The smallest absolute Gasteiger partial charge is 0.337 e. The largest absolute Gasteiger partial charge is 0.478 e. The third-order valence-corrected chi connectivity index (χ3v) is 1.03. The molecule has 0 aliphatic heterocycles. The van der Waals surface area contributed by atoms with Crippen molar-refractivity contribution >= 4 is 38.0 Å². The molecule has 0 unspecified atom stereocenters. The number of pyridine rings is 1. The molecule has 0 spiro atoms. The van der Waals surface area contributed by atoms with Crippen LogP contribution in [0.25, 0.3) is 0 Å². The Labute approximate surface area is 82.6 Å². The van der Waals surface area contributed by atoms with E-state index >= 15 is 0 Å². The molecule has 0 fully saturated rings. The summed E-state index contributed by atoms with van der Waals surface area (Å²) in [4.78, 5) is 13.8. The van der Waals surface area contributed by atoms with E-state index in [4.69, 9.17) is 10.8 Å². The fraction of sp³-hybridized carbons (Fsp3) is 0. The quantitative estimate of drug-likeness (QED) is 0.701. The van der Waals surface area contributed by atoms with Crippen LogP contribution in [0.2, 0.25) is 0 Å². The molecule has 1 aromatic heterocycles. The van der Waals surface area contributed by atoms with Crippen molar-refractivity contribution in [3.8, 4) is 0 Å². The number of carboxylic acids is 1. The van der Waals surface area contributed by atoms with Crippen molar-refractivity contribution in [1.82, 2.24) is 4.98 Å². The normalized spacial score (nSPS) is 8.36. The number of carbonyl (C=O) groups is 1. The number of anilines is 1. The standard InChI is InChI=1S/C6H6N2O2.Bi/c7-5-2-1-4(3-8-5)6(9)10;/h1-3H,(H2,7,8)(H,9,10);. The van der Waals surface area contributed by atoms with Crippen LogP contribution in [0.3, 0.4) is 0 Å². The van der Waals surface area contributed by atoms with Gasteiger partial charge in [-0.15, -0.1) is 0 Å². The third kappa shape index (κ3) is 2.80. The molecule has 0 bridgehead atoms. The average Bonchev–Trinajstić information content (AvgIpc) is 1.88. The zero-order valence-electron chi connectivity index (χ0n) is 5.56. The second-order valence-electron chi connectivity index (χ2n) is 1.78. The summed E-state index contributed by atoms with van der Waals surface area (Å²) in [5.74, 6) is -0.669. The van der Waals surface area contributed by atoms with Gasteiger partial charge in [-0.3, -0.25) is 0 Å². The third-order valence-electron chi connectivity index (χ3n) is 1.03. The zero-order valence-corrected chi connectivity index (χ0v) is 9.04. The summed E-state index contributed by atoms with van der Waals surface area (Å²) >= 11 is 0. The molecule has 0 saturated heterocycles. The summed E-state index contributed by atoms with van der Waals surface area (Å²) in [6, 6.07) is 2.86.